The van der Waals surface area contributed by atoms with Crippen molar-refractivity contribution in [3.05, 3.63) is 117 Å². The lowest BCUT2D eigenvalue weighted by molar-refractivity contribution is -0.384. The van der Waals surface area contributed by atoms with E-state index in [9.17, 15) is 19.7 Å². The van der Waals surface area contributed by atoms with Gasteiger partial charge in [0.15, 0.2) is 0 Å². The van der Waals surface area contributed by atoms with E-state index in [1.165, 1.54) is 24.3 Å². The number of carbonyl (C=O) groups is 2. The van der Waals surface area contributed by atoms with Crippen LogP contribution in [-0.2, 0) is 16.6 Å². The van der Waals surface area contributed by atoms with E-state index in [1.807, 2.05) is 42.6 Å². The Balaban J connectivity index is 1.53. The Labute approximate surface area is 220 Å². The van der Waals surface area contributed by atoms with Crippen molar-refractivity contribution < 1.29 is 14.5 Å². The van der Waals surface area contributed by atoms with Gasteiger partial charge in [0.25, 0.3) is 17.5 Å². The second-order valence-electron chi connectivity index (χ2n) is 10.1. The first-order valence-corrected chi connectivity index (χ1v) is 12.3. The first kappa shape index (κ1) is 26.3. The SMILES string of the molecule is CC(C)(C)c1ccc(C(=O)N/C(=C/c2cccc([N+](=O)[O-])c2)C(=O)NCCc2c[nH]c3ccccc23)cc1. The van der Waals surface area contributed by atoms with Crippen LogP contribution in [0.25, 0.3) is 17.0 Å². The third kappa shape index (κ3) is 6.34. The van der Waals surface area contributed by atoms with Gasteiger partial charge in [-0.25, -0.2) is 0 Å². The van der Waals surface area contributed by atoms with Crippen LogP contribution in [0.4, 0.5) is 5.69 Å². The molecule has 4 rings (SSSR count). The molecule has 3 aromatic carbocycles. The van der Waals surface area contributed by atoms with Gasteiger partial charge < -0.3 is 15.6 Å². The molecular formula is C30H30N4O4. The van der Waals surface area contributed by atoms with Crippen LogP contribution >= 0.6 is 0 Å². The molecule has 0 aliphatic carbocycles. The lowest BCUT2D eigenvalue weighted by Crippen LogP contribution is -2.35. The molecule has 3 N–H and O–H groups in total. The van der Waals surface area contributed by atoms with E-state index in [-0.39, 0.29) is 16.8 Å². The number of nitrogens with zero attached hydrogens (tertiary/aromatic N) is 1. The molecule has 0 spiro atoms. The molecule has 1 aromatic heterocycles. The zero-order valence-corrected chi connectivity index (χ0v) is 21.6. The normalized spacial score (nSPS) is 11.8. The van der Waals surface area contributed by atoms with Crippen molar-refractivity contribution in [2.24, 2.45) is 0 Å². The van der Waals surface area contributed by atoms with Gasteiger partial charge >= 0.3 is 0 Å². The van der Waals surface area contributed by atoms with E-state index in [0.717, 1.165) is 22.0 Å². The highest BCUT2D eigenvalue weighted by molar-refractivity contribution is 6.05. The molecule has 194 valence electrons. The Hall–Kier alpha value is -4.72. The molecule has 0 bridgehead atoms. The van der Waals surface area contributed by atoms with Crippen LogP contribution in [0.3, 0.4) is 0 Å². The largest absolute Gasteiger partial charge is 0.361 e. The van der Waals surface area contributed by atoms with Crippen molar-refractivity contribution in [2.75, 3.05) is 6.54 Å². The van der Waals surface area contributed by atoms with E-state index < -0.39 is 16.7 Å². The molecule has 0 unspecified atom stereocenters. The van der Waals surface area contributed by atoms with Gasteiger partial charge in [-0.3, -0.25) is 19.7 Å². The number of nitro benzene ring substituents is 1. The van der Waals surface area contributed by atoms with Crippen molar-refractivity contribution in [2.45, 2.75) is 32.6 Å². The summed E-state index contributed by atoms with van der Waals surface area (Å²) in [6, 6.07) is 21.0. The number of non-ortho nitro benzene ring substituents is 1. The van der Waals surface area contributed by atoms with Crippen molar-refractivity contribution >= 4 is 34.5 Å². The van der Waals surface area contributed by atoms with Crippen molar-refractivity contribution in [1.29, 1.82) is 0 Å². The molecule has 8 nitrogen and oxygen atoms in total. The maximum atomic E-state index is 13.2. The van der Waals surface area contributed by atoms with E-state index in [0.29, 0.717) is 24.1 Å². The molecule has 8 heteroatoms. The van der Waals surface area contributed by atoms with Crippen LogP contribution in [0.2, 0.25) is 0 Å². The summed E-state index contributed by atoms with van der Waals surface area (Å²) in [6.45, 7) is 6.59. The summed E-state index contributed by atoms with van der Waals surface area (Å²) >= 11 is 0. The number of rotatable bonds is 8. The summed E-state index contributed by atoms with van der Waals surface area (Å²) in [4.78, 5) is 40.1. The molecule has 1 heterocycles. The van der Waals surface area contributed by atoms with Gasteiger partial charge in [0.05, 0.1) is 4.92 Å². The second kappa shape index (κ2) is 11.1. The Morgan fingerprint density at radius 3 is 2.45 bits per heavy atom. The number of hydrogen-bond acceptors (Lipinski definition) is 4. The molecular weight excluding hydrogens is 480 g/mol. The zero-order chi connectivity index (χ0) is 27.3. The minimum atomic E-state index is -0.506. The monoisotopic (exact) mass is 510 g/mol. The lowest BCUT2D eigenvalue weighted by Gasteiger charge is -2.19. The smallest absolute Gasteiger partial charge is 0.270 e. The number of nitrogens with one attached hydrogen (secondary N) is 3. The molecule has 0 saturated carbocycles. The lowest BCUT2D eigenvalue weighted by atomic mass is 9.87. The van der Waals surface area contributed by atoms with Gasteiger partial charge in [-0.05, 0) is 52.8 Å². The topological polar surface area (TPSA) is 117 Å². The highest BCUT2D eigenvalue weighted by Gasteiger charge is 2.18. The fraction of sp³-hybridized carbons (Fsp3) is 0.200. The first-order valence-electron chi connectivity index (χ1n) is 12.3. The quantitative estimate of drug-likeness (QED) is 0.165. The van der Waals surface area contributed by atoms with Crippen LogP contribution in [0.15, 0.2) is 84.7 Å². The predicted molar refractivity (Wildman–Crippen MR) is 149 cm³/mol. The summed E-state index contributed by atoms with van der Waals surface area (Å²) in [5.41, 5.74) is 3.80. The van der Waals surface area contributed by atoms with Gasteiger partial charge in [0, 0.05) is 41.3 Å². The van der Waals surface area contributed by atoms with Gasteiger partial charge in [-0.2, -0.15) is 0 Å². The van der Waals surface area contributed by atoms with Crippen LogP contribution in [-0.4, -0.2) is 28.3 Å². The van der Waals surface area contributed by atoms with Gasteiger partial charge in [0.1, 0.15) is 5.70 Å². The Morgan fingerprint density at radius 2 is 1.74 bits per heavy atom. The minimum Gasteiger partial charge on any atom is -0.361 e. The summed E-state index contributed by atoms with van der Waals surface area (Å²) in [5.74, 6) is -0.940. The number of amides is 2. The van der Waals surface area contributed by atoms with Crippen LogP contribution in [0.1, 0.15) is 47.8 Å². The number of hydrogen-bond donors (Lipinski definition) is 3. The molecule has 0 aliphatic heterocycles. The molecule has 2 amide bonds. The summed E-state index contributed by atoms with van der Waals surface area (Å²) in [7, 11) is 0. The number of para-hydroxylation sites is 1. The third-order valence-electron chi connectivity index (χ3n) is 6.25. The molecule has 0 aliphatic rings. The standard InChI is InChI=1S/C30H30N4O4/c1-30(2,3)23-13-11-21(12-14-23)28(35)33-27(18-20-7-6-8-24(17-20)34(37)38)29(36)31-16-15-22-19-32-26-10-5-4-9-25(22)26/h4-14,17-19,32H,15-16H2,1-3H3,(H,31,36)(H,33,35)/b27-18+. The number of aromatic nitrogens is 1. The van der Waals surface area contributed by atoms with Gasteiger partial charge in [-0.1, -0.05) is 63.2 Å². The molecule has 0 radical (unpaired) electrons. The number of nitro groups is 1. The number of benzene rings is 3. The summed E-state index contributed by atoms with van der Waals surface area (Å²) in [6.07, 6.45) is 3.94. The van der Waals surface area contributed by atoms with Crippen LogP contribution in [0, 0.1) is 10.1 Å². The van der Waals surface area contributed by atoms with E-state index >= 15 is 0 Å². The van der Waals surface area contributed by atoms with E-state index in [4.69, 9.17) is 0 Å². The third-order valence-corrected chi connectivity index (χ3v) is 6.25. The molecule has 0 saturated heterocycles. The number of fused-ring (bicyclic) bond motifs is 1. The molecule has 0 fully saturated rings. The van der Waals surface area contributed by atoms with Crippen molar-refractivity contribution in [3.8, 4) is 0 Å². The number of H-pyrrole nitrogens is 1. The van der Waals surface area contributed by atoms with E-state index in [1.54, 1.807) is 18.2 Å². The molecule has 4 aromatic rings. The Kier molecular flexibility index (Phi) is 7.71. The second-order valence-corrected chi connectivity index (χ2v) is 10.1. The summed E-state index contributed by atoms with van der Waals surface area (Å²) < 4.78 is 0. The van der Waals surface area contributed by atoms with E-state index in [2.05, 4.69) is 36.4 Å². The fourth-order valence-electron chi connectivity index (χ4n) is 4.11. The Bertz CT molecular complexity index is 1510. The average molecular weight is 511 g/mol. The number of aromatic amines is 1. The van der Waals surface area contributed by atoms with Crippen LogP contribution < -0.4 is 10.6 Å². The van der Waals surface area contributed by atoms with Crippen molar-refractivity contribution in [3.63, 3.8) is 0 Å². The highest BCUT2D eigenvalue weighted by Crippen LogP contribution is 2.22. The van der Waals surface area contributed by atoms with Crippen molar-refractivity contribution in [1.82, 2.24) is 15.6 Å². The fourth-order valence-corrected chi connectivity index (χ4v) is 4.11. The maximum Gasteiger partial charge on any atom is 0.270 e. The highest BCUT2D eigenvalue weighted by atomic mass is 16.6. The summed E-state index contributed by atoms with van der Waals surface area (Å²) in [5, 5.41) is 17.9. The van der Waals surface area contributed by atoms with Gasteiger partial charge in [0.2, 0.25) is 0 Å². The number of carbonyl (C=O) groups excluding carboxylic acids is 2. The predicted octanol–water partition coefficient (Wildman–Crippen LogP) is 5.50. The average Bonchev–Trinajstić information content (AvgIpc) is 3.31. The molecule has 0 atom stereocenters. The maximum absolute atomic E-state index is 13.2. The zero-order valence-electron chi connectivity index (χ0n) is 21.6. The first-order chi connectivity index (χ1) is 18.1. The van der Waals surface area contributed by atoms with Gasteiger partial charge in [-0.15, -0.1) is 0 Å². The Morgan fingerprint density at radius 1 is 1.00 bits per heavy atom. The molecule has 38 heavy (non-hydrogen) atoms. The van der Waals surface area contributed by atoms with Crippen LogP contribution in [0.5, 0.6) is 0 Å². The minimum absolute atomic E-state index is 0.00526.